The third-order valence-electron chi connectivity index (χ3n) is 1.48. The Morgan fingerprint density at radius 1 is 1.69 bits per heavy atom. The van der Waals surface area contributed by atoms with Crippen LogP contribution in [0.3, 0.4) is 0 Å². The molecule has 0 saturated carbocycles. The molecule has 1 aromatic rings. The molecular formula is C9H13NO3. The van der Waals surface area contributed by atoms with Crippen LogP contribution in [0.15, 0.2) is 22.8 Å². The van der Waals surface area contributed by atoms with E-state index in [0.717, 1.165) is 5.76 Å². The fourth-order valence-electron chi connectivity index (χ4n) is 0.845. The zero-order chi connectivity index (χ0) is 9.52. The largest absolute Gasteiger partial charge is 0.467 e. The maximum atomic E-state index is 11.0. The predicted octanol–water partition coefficient (Wildman–Crippen LogP) is 0.932. The van der Waals surface area contributed by atoms with Crippen molar-refractivity contribution in [3.8, 4) is 0 Å². The van der Waals surface area contributed by atoms with Crippen LogP contribution in [-0.2, 0) is 16.1 Å². The number of amides is 1. The van der Waals surface area contributed by atoms with E-state index in [-0.39, 0.29) is 12.5 Å². The van der Waals surface area contributed by atoms with Crippen molar-refractivity contribution in [2.75, 3.05) is 13.2 Å². The number of carbonyl (C=O) groups excluding carboxylic acids is 1. The van der Waals surface area contributed by atoms with Crippen molar-refractivity contribution >= 4 is 5.91 Å². The molecule has 0 aliphatic carbocycles. The molecule has 0 bridgehead atoms. The molecular weight excluding hydrogens is 170 g/mol. The normalized spacial score (nSPS) is 9.92. The molecule has 1 rings (SSSR count). The van der Waals surface area contributed by atoms with Crippen LogP contribution in [0.4, 0.5) is 0 Å². The smallest absolute Gasteiger partial charge is 0.246 e. The molecule has 1 heterocycles. The molecule has 0 aliphatic rings. The van der Waals surface area contributed by atoms with Crippen LogP contribution in [0.5, 0.6) is 0 Å². The Kier molecular flexibility index (Phi) is 4.05. The van der Waals surface area contributed by atoms with E-state index < -0.39 is 0 Å². The van der Waals surface area contributed by atoms with E-state index in [0.29, 0.717) is 13.2 Å². The molecule has 0 aliphatic heterocycles. The van der Waals surface area contributed by atoms with Gasteiger partial charge in [-0.15, -0.1) is 0 Å². The van der Waals surface area contributed by atoms with Gasteiger partial charge in [0.15, 0.2) is 0 Å². The quantitative estimate of drug-likeness (QED) is 0.738. The van der Waals surface area contributed by atoms with Gasteiger partial charge in [-0.1, -0.05) is 0 Å². The average molecular weight is 183 g/mol. The Balaban J connectivity index is 2.15. The number of furan rings is 1. The van der Waals surface area contributed by atoms with Crippen LogP contribution in [0.25, 0.3) is 0 Å². The van der Waals surface area contributed by atoms with Crippen molar-refractivity contribution in [2.45, 2.75) is 13.5 Å². The van der Waals surface area contributed by atoms with Gasteiger partial charge in [-0.05, 0) is 19.1 Å². The monoisotopic (exact) mass is 183 g/mol. The molecule has 0 spiro atoms. The molecule has 1 N–H and O–H groups in total. The highest BCUT2D eigenvalue weighted by atomic mass is 16.5. The van der Waals surface area contributed by atoms with E-state index >= 15 is 0 Å². The van der Waals surface area contributed by atoms with Gasteiger partial charge in [0, 0.05) is 6.61 Å². The molecule has 0 radical (unpaired) electrons. The van der Waals surface area contributed by atoms with Crippen molar-refractivity contribution in [1.29, 1.82) is 0 Å². The van der Waals surface area contributed by atoms with Gasteiger partial charge in [0.05, 0.1) is 12.8 Å². The lowest BCUT2D eigenvalue weighted by Gasteiger charge is -2.02. The number of hydrogen-bond donors (Lipinski definition) is 1. The maximum Gasteiger partial charge on any atom is 0.246 e. The maximum absolute atomic E-state index is 11.0. The lowest BCUT2D eigenvalue weighted by Crippen LogP contribution is -2.26. The van der Waals surface area contributed by atoms with E-state index in [1.54, 1.807) is 18.4 Å². The SMILES string of the molecule is CCOCC(=O)NCc1ccco1. The van der Waals surface area contributed by atoms with Gasteiger partial charge in [-0.3, -0.25) is 4.79 Å². The zero-order valence-electron chi connectivity index (χ0n) is 7.58. The van der Waals surface area contributed by atoms with Crippen LogP contribution in [0.2, 0.25) is 0 Å². The first-order valence-electron chi connectivity index (χ1n) is 4.19. The highest BCUT2D eigenvalue weighted by molar-refractivity contribution is 5.77. The molecule has 13 heavy (non-hydrogen) atoms. The number of nitrogens with one attached hydrogen (secondary N) is 1. The van der Waals surface area contributed by atoms with Crippen LogP contribution in [-0.4, -0.2) is 19.1 Å². The Hall–Kier alpha value is -1.29. The molecule has 1 aromatic heterocycles. The number of rotatable bonds is 5. The molecule has 4 nitrogen and oxygen atoms in total. The van der Waals surface area contributed by atoms with E-state index in [2.05, 4.69) is 5.32 Å². The highest BCUT2D eigenvalue weighted by Crippen LogP contribution is 1.97. The minimum Gasteiger partial charge on any atom is -0.467 e. The summed E-state index contributed by atoms with van der Waals surface area (Å²) in [7, 11) is 0. The van der Waals surface area contributed by atoms with Crippen molar-refractivity contribution in [3.05, 3.63) is 24.2 Å². The summed E-state index contributed by atoms with van der Waals surface area (Å²) in [6.45, 7) is 2.92. The molecule has 0 fully saturated rings. The summed E-state index contributed by atoms with van der Waals surface area (Å²) < 4.78 is 9.96. The lowest BCUT2D eigenvalue weighted by atomic mass is 10.4. The predicted molar refractivity (Wildman–Crippen MR) is 47.0 cm³/mol. The van der Waals surface area contributed by atoms with Crippen LogP contribution in [0, 0.1) is 0 Å². The fraction of sp³-hybridized carbons (Fsp3) is 0.444. The van der Waals surface area contributed by atoms with Crippen LogP contribution in [0.1, 0.15) is 12.7 Å². The summed E-state index contributed by atoms with van der Waals surface area (Å²) >= 11 is 0. The summed E-state index contributed by atoms with van der Waals surface area (Å²) in [6.07, 6.45) is 1.57. The van der Waals surface area contributed by atoms with Crippen molar-refractivity contribution in [3.63, 3.8) is 0 Å². The first kappa shape index (κ1) is 9.80. The summed E-state index contributed by atoms with van der Waals surface area (Å²) in [5.74, 6) is 0.614. The van der Waals surface area contributed by atoms with Gasteiger partial charge >= 0.3 is 0 Å². The van der Waals surface area contributed by atoms with Crippen molar-refractivity contribution in [1.82, 2.24) is 5.32 Å². The molecule has 72 valence electrons. The van der Waals surface area contributed by atoms with Gasteiger partial charge in [0.2, 0.25) is 5.91 Å². The molecule has 1 amide bonds. The second-order valence-corrected chi connectivity index (χ2v) is 2.49. The van der Waals surface area contributed by atoms with Crippen LogP contribution >= 0.6 is 0 Å². The Labute approximate surface area is 76.9 Å². The number of hydrogen-bond acceptors (Lipinski definition) is 3. The van der Waals surface area contributed by atoms with Gasteiger partial charge in [0.25, 0.3) is 0 Å². The van der Waals surface area contributed by atoms with E-state index in [1.165, 1.54) is 0 Å². The van der Waals surface area contributed by atoms with Gasteiger partial charge in [0.1, 0.15) is 12.4 Å². The third-order valence-corrected chi connectivity index (χ3v) is 1.48. The topological polar surface area (TPSA) is 51.5 Å². The summed E-state index contributed by atoms with van der Waals surface area (Å²) in [5.41, 5.74) is 0. The summed E-state index contributed by atoms with van der Waals surface area (Å²) in [5, 5.41) is 2.66. The molecule has 0 unspecified atom stereocenters. The van der Waals surface area contributed by atoms with E-state index in [1.807, 2.05) is 6.92 Å². The minimum absolute atomic E-state index is 0.108. The molecule has 0 saturated heterocycles. The molecule has 4 heteroatoms. The average Bonchev–Trinajstić information content (AvgIpc) is 2.64. The molecule has 0 atom stereocenters. The fourth-order valence-corrected chi connectivity index (χ4v) is 0.845. The number of ether oxygens (including phenoxy) is 1. The Morgan fingerprint density at radius 3 is 3.15 bits per heavy atom. The first-order chi connectivity index (χ1) is 6.33. The number of carbonyl (C=O) groups is 1. The second kappa shape index (κ2) is 5.37. The van der Waals surface area contributed by atoms with Gasteiger partial charge in [-0.25, -0.2) is 0 Å². The minimum atomic E-state index is -0.127. The molecule has 0 aromatic carbocycles. The second-order valence-electron chi connectivity index (χ2n) is 2.49. The van der Waals surface area contributed by atoms with Crippen molar-refractivity contribution < 1.29 is 13.9 Å². The van der Waals surface area contributed by atoms with E-state index in [4.69, 9.17) is 9.15 Å². The highest BCUT2D eigenvalue weighted by Gasteiger charge is 2.01. The summed E-state index contributed by atoms with van der Waals surface area (Å²) in [4.78, 5) is 11.0. The lowest BCUT2D eigenvalue weighted by molar-refractivity contribution is -0.125. The van der Waals surface area contributed by atoms with Gasteiger partial charge in [-0.2, -0.15) is 0 Å². The van der Waals surface area contributed by atoms with Gasteiger partial charge < -0.3 is 14.5 Å². The summed E-state index contributed by atoms with van der Waals surface area (Å²) in [6, 6.07) is 3.59. The standard InChI is InChI=1S/C9H13NO3/c1-2-12-7-9(11)10-6-8-4-3-5-13-8/h3-5H,2,6-7H2,1H3,(H,10,11). The van der Waals surface area contributed by atoms with Crippen molar-refractivity contribution in [2.24, 2.45) is 0 Å². The van der Waals surface area contributed by atoms with Crippen LogP contribution < -0.4 is 5.32 Å². The Bertz CT molecular complexity index is 243. The Morgan fingerprint density at radius 2 is 2.54 bits per heavy atom. The van der Waals surface area contributed by atoms with E-state index in [9.17, 15) is 4.79 Å². The zero-order valence-corrected chi connectivity index (χ0v) is 7.58. The third kappa shape index (κ3) is 3.75. The first-order valence-corrected chi connectivity index (χ1v) is 4.19.